The maximum absolute atomic E-state index is 12.6. The Morgan fingerprint density at radius 3 is 2.45 bits per heavy atom. The number of nitrogens with one attached hydrogen (secondary N) is 1. The van der Waals surface area contributed by atoms with Crippen LogP contribution in [0.1, 0.15) is 23.9 Å². The molecule has 2 amide bonds. The van der Waals surface area contributed by atoms with E-state index < -0.39 is 0 Å². The van der Waals surface area contributed by atoms with Crippen molar-refractivity contribution in [1.29, 1.82) is 0 Å². The van der Waals surface area contributed by atoms with Crippen molar-refractivity contribution in [2.45, 2.75) is 33.2 Å². The van der Waals surface area contributed by atoms with Gasteiger partial charge in [-0.1, -0.05) is 28.4 Å². The Labute approximate surface area is 179 Å². The number of hydrogen-bond donors (Lipinski definition) is 1. The summed E-state index contributed by atoms with van der Waals surface area (Å²) in [6.07, 6.45) is 0.286. The molecule has 1 unspecified atom stereocenters. The molecule has 0 aliphatic carbocycles. The molecule has 0 spiro atoms. The van der Waals surface area contributed by atoms with E-state index in [4.69, 9.17) is 27.7 Å². The maximum atomic E-state index is 12.6. The molecule has 1 aliphatic heterocycles. The van der Waals surface area contributed by atoms with Crippen molar-refractivity contribution in [3.8, 4) is 0 Å². The molecule has 1 aliphatic rings. The van der Waals surface area contributed by atoms with Crippen LogP contribution in [0.15, 0.2) is 22.7 Å². The normalized spacial score (nSPS) is 16.0. The Hall–Kier alpha value is -2.09. The molecule has 9 heteroatoms. The second-order valence-corrected chi connectivity index (χ2v) is 8.00. The molecule has 1 aromatic heterocycles. The van der Waals surface area contributed by atoms with E-state index in [9.17, 15) is 9.59 Å². The molecule has 156 valence electrons. The lowest BCUT2D eigenvalue weighted by molar-refractivity contribution is -0.133. The second kappa shape index (κ2) is 9.15. The number of amides is 2. The van der Waals surface area contributed by atoms with Crippen molar-refractivity contribution in [2.24, 2.45) is 0 Å². The van der Waals surface area contributed by atoms with Crippen LogP contribution in [0.5, 0.6) is 0 Å². The fraction of sp³-hybridized carbons (Fsp3) is 0.450. The SMILES string of the molecule is Cc1noc(C)c1CC(=O)N1CCN(C(C)C(=O)Nc2ccc(Cl)c(Cl)c2)CC1. The first-order valence-electron chi connectivity index (χ1n) is 9.45. The first kappa shape index (κ1) is 21.6. The number of benzene rings is 1. The molecular formula is C20H24Cl2N4O3. The number of carbonyl (C=O) groups excluding carboxylic acids is 2. The van der Waals surface area contributed by atoms with Crippen molar-refractivity contribution >= 4 is 40.7 Å². The van der Waals surface area contributed by atoms with Crippen molar-refractivity contribution in [2.75, 3.05) is 31.5 Å². The van der Waals surface area contributed by atoms with Crippen LogP contribution in [-0.4, -0.2) is 59.0 Å². The van der Waals surface area contributed by atoms with E-state index in [1.165, 1.54) is 0 Å². The van der Waals surface area contributed by atoms with E-state index >= 15 is 0 Å². The quantitative estimate of drug-likeness (QED) is 0.774. The average molecular weight is 439 g/mol. The number of carbonyl (C=O) groups is 2. The minimum absolute atomic E-state index is 0.0481. The zero-order chi connectivity index (χ0) is 21.1. The highest BCUT2D eigenvalue weighted by Crippen LogP contribution is 2.25. The monoisotopic (exact) mass is 438 g/mol. The predicted molar refractivity (Wildman–Crippen MR) is 112 cm³/mol. The summed E-state index contributed by atoms with van der Waals surface area (Å²) in [7, 11) is 0. The van der Waals surface area contributed by atoms with Gasteiger partial charge in [0.15, 0.2) is 0 Å². The summed E-state index contributed by atoms with van der Waals surface area (Å²) in [5.41, 5.74) is 2.21. The van der Waals surface area contributed by atoms with Crippen LogP contribution < -0.4 is 5.32 Å². The van der Waals surface area contributed by atoms with Crippen LogP contribution in [0.3, 0.4) is 0 Å². The lowest BCUT2D eigenvalue weighted by Crippen LogP contribution is -2.54. The smallest absolute Gasteiger partial charge is 0.241 e. The van der Waals surface area contributed by atoms with Gasteiger partial charge < -0.3 is 14.7 Å². The third-order valence-electron chi connectivity index (χ3n) is 5.29. The minimum atomic E-state index is -0.329. The van der Waals surface area contributed by atoms with Gasteiger partial charge in [-0.2, -0.15) is 0 Å². The number of piperazine rings is 1. The van der Waals surface area contributed by atoms with Gasteiger partial charge in [-0.3, -0.25) is 14.5 Å². The molecule has 0 bridgehead atoms. The van der Waals surface area contributed by atoms with Crippen molar-refractivity contribution < 1.29 is 14.1 Å². The van der Waals surface area contributed by atoms with Gasteiger partial charge in [0.1, 0.15) is 5.76 Å². The number of halogens is 2. The Balaban J connectivity index is 1.52. The lowest BCUT2D eigenvalue weighted by Gasteiger charge is -2.37. The number of anilines is 1. The summed E-state index contributed by atoms with van der Waals surface area (Å²) < 4.78 is 5.13. The average Bonchev–Trinajstić information content (AvgIpc) is 3.02. The molecule has 2 heterocycles. The highest BCUT2D eigenvalue weighted by Gasteiger charge is 2.28. The van der Waals surface area contributed by atoms with Gasteiger partial charge in [0.2, 0.25) is 11.8 Å². The highest BCUT2D eigenvalue weighted by atomic mass is 35.5. The van der Waals surface area contributed by atoms with Gasteiger partial charge in [-0.05, 0) is 39.0 Å². The Kier molecular flexibility index (Phi) is 6.82. The number of hydrogen-bond acceptors (Lipinski definition) is 5. The van der Waals surface area contributed by atoms with E-state index in [1.807, 2.05) is 25.7 Å². The number of aryl methyl sites for hydroxylation is 2. The van der Waals surface area contributed by atoms with E-state index in [-0.39, 0.29) is 24.3 Å². The molecule has 7 nitrogen and oxygen atoms in total. The fourth-order valence-corrected chi connectivity index (χ4v) is 3.66. The zero-order valence-electron chi connectivity index (χ0n) is 16.7. The summed E-state index contributed by atoms with van der Waals surface area (Å²) in [6, 6.07) is 4.65. The first-order valence-corrected chi connectivity index (χ1v) is 10.2. The minimum Gasteiger partial charge on any atom is -0.361 e. The molecule has 1 N–H and O–H groups in total. The van der Waals surface area contributed by atoms with Crippen molar-refractivity contribution in [3.63, 3.8) is 0 Å². The molecule has 0 radical (unpaired) electrons. The zero-order valence-corrected chi connectivity index (χ0v) is 18.2. The van der Waals surface area contributed by atoms with Crippen LogP contribution in [0, 0.1) is 13.8 Å². The molecule has 1 saturated heterocycles. The van der Waals surface area contributed by atoms with Crippen molar-refractivity contribution in [3.05, 3.63) is 45.3 Å². The van der Waals surface area contributed by atoms with Crippen molar-refractivity contribution in [1.82, 2.24) is 15.0 Å². The molecule has 1 aromatic carbocycles. The van der Waals surface area contributed by atoms with Crippen LogP contribution in [-0.2, 0) is 16.0 Å². The number of nitrogens with zero attached hydrogens (tertiary/aromatic N) is 3. The van der Waals surface area contributed by atoms with Gasteiger partial charge in [0, 0.05) is 37.4 Å². The van der Waals surface area contributed by atoms with Gasteiger partial charge in [0.05, 0.1) is 28.2 Å². The van der Waals surface area contributed by atoms with Crippen LogP contribution in [0.4, 0.5) is 5.69 Å². The van der Waals surface area contributed by atoms with Crippen LogP contribution in [0.2, 0.25) is 10.0 Å². The molecule has 29 heavy (non-hydrogen) atoms. The predicted octanol–water partition coefficient (Wildman–Crippen LogP) is 3.31. The van der Waals surface area contributed by atoms with E-state index in [0.29, 0.717) is 47.7 Å². The summed E-state index contributed by atoms with van der Waals surface area (Å²) in [5, 5.41) is 7.59. The lowest BCUT2D eigenvalue weighted by atomic mass is 10.1. The number of rotatable bonds is 5. The number of aromatic nitrogens is 1. The van der Waals surface area contributed by atoms with E-state index in [0.717, 1.165) is 11.3 Å². The third-order valence-corrected chi connectivity index (χ3v) is 6.03. The standard InChI is InChI=1S/C20H24Cl2N4O3/c1-12-16(14(3)29-24-12)11-19(27)26-8-6-25(7-9-26)13(2)20(28)23-15-4-5-17(21)18(22)10-15/h4-5,10,13H,6-9,11H2,1-3H3,(H,23,28). The Morgan fingerprint density at radius 2 is 1.86 bits per heavy atom. The molecule has 1 fully saturated rings. The van der Waals surface area contributed by atoms with Gasteiger partial charge >= 0.3 is 0 Å². The molecular weight excluding hydrogens is 415 g/mol. The summed E-state index contributed by atoms with van der Waals surface area (Å²) >= 11 is 11.9. The summed E-state index contributed by atoms with van der Waals surface area (Å²) in [5.74, 6) is 0.605. The highest BCUT2D eigenvalue weighted by molar-refractivity contribution is 6.42. The molecule has 1 atom stereocenters. The largest absolute Gasteiger partial charge is 0.361 e. The molecule has 3 rings (SSSR count). The summed E-state index contributed by atoms with van der Waals surface area (Å²) in [4.78, 5) is 29.1. The van der Waals surface area contributed by atoms with E-state index in [2.05, 4.69) is 15.4 Å². The second-order valence-electron chi connectivity index (χ2n) is 7.19. The molecule has 2 aromatic rings. The Morgan fingerprint density at radius 1 is 1.17 bits per heavy atom. The van der Waals surface area contributed by atoms with Crippen LogP contribution >= 0.6 is 23.2 Å². The molecule has 0 saturated carbocycles. The van der Waals surface area contributed by atoms with Gasteiger partial charge in [-0.25, -0.2) is 0 Å². The van der Waals surface area contributed by atoms with E-state index in [1.54, 1.807) is 18.2 Å². The maximum Gasteiger partial charge on any atom is 0.241 e. The first-order chi connectivity index (χ1) is 13.8. The van der Waals surface area contributed by atoms with Gasteiger partial charge in [-0.15, -0.1) is 0 Å². The van der Waals surface area contributed by atoms with Crippen LogP contribution in [0.25, 0.3) is 0 Å². The topological polar surface area (TPSA) is 78.7 Å². The van der Waals surface area contributed by atoms with Gasteiger partial charge in [0.25, 0.3) is 0 Å². The summed E-state index contributed by atoms with van der Waals surface area (Å²) in [6.45, 7) is 7.92. The third kappa shape index (κ3) is 5.10. The Bertz CT molecular complexity index is 888. The fourth-order valence-electron chi connectivity index (χ4n) is 3.36.